The monoisotopic (exact) mass is 574 g/mol. The lowest BCUT2D eigenvalue weighted by molar-refractivity contribution is -0.727. The third-order valence-electron chi connectivity index (χ3n) is 9.62. The van der Waals surface area contributed by atoms with Crippen LogP contribution in [0.5, 0.6) is 0 Å². The second-order valence-electron chi connectivity index (χ2n) is 13.6. The van der Waals surface area contributed by atoms with Crippen molar-refractivity contribution < 1.29 is 4.57 Å². The molecule has 0 aliphatic carbocycles. The van der Waals surface area contributed by atoms with Crippen molar-refractivity contribution in [3.63, 3.8) is 0 Å². The highest BCUT2D eigenvalue weighted by Crippen LogP contribution is 2.26. The average molecular weight is 574 g/mol. The summed E-state index contributed by atoms with van der Waals surface area (Å²) >= 11 is 0. The minimum absolute atomic E-state index is 0.620. The summed E-state index contributed by atoms with van der Waals surface area (Å²) in [7, 11) is 0. The van der Waals surface area contributed by atoms with Crippen LogP contribution in [0.25, 0.3) is 0 Å². The Bertz CT molecular complexity index is 635. The zero-order chi connectivity index (χ0) is 29.6. The van der Waals surface area contributed by atoms with Crippen LogP contribution in [0.15, 0.2) is 12.4 Å². The predicted molar refractivity (Wildman–Crippen MR) is 184 cm³/mol. The molecular formula is C39H77N2+. The molecule has 2 atom stereocenters. The number of H-pyrrole nitrogens is 1. The fourth-order valence-corrected chi connectivity index (χ4v) is 6.84. The van der Waals surface area contributed by atoms with E-state index < -0.39 is 0 Å². The van der Waals surface area contributed by atoms with Gasteiger partial charge in [0.25, 0.3) is 5.82 Å². The summed E-state index contributed by atoms with van der Waals surface area (Å²) in [5.41, 5.74) is 0. The maximum Gasteiger partial charge on any atom is 0.257 e. The van der Waals surface area contributed by atoms with Crippen LogP contribution < -0.4 is 4.57 Å². The molecule has 1 aromatic heterocycles. The Balaban J connectivity index is 2.12. The Morgan fingerprint density at radius 3 is 1.22 bits per heavy atom. The van der Waals surface area contributed by atoms with Crippen LogP contribution in [0, 0.1) is 0 Å². The molecule has 0 fully saturated rings. The summed E-state index contributed by atoms with van der Waals surface area (Å²) < 4.78 is 2.60. The molecule has 41 heavy (non-hydrogen) atoms. The summed E-state index contributed by atoms with van der Waals surface area (Å²) in [6.07, 6.45) is 47.3. The fraction of sp³-hybridized carbons (Fsp3) is 0.923. The first-order valence-electron chi connectivity index (χ1n) is 19.3. The molecule has 0 amide bonds. The highest BCUT2D eigenvalue weighted by atomic mass is 15.1. The third kappa shape index (κ3) is 21.5. The van der Waals surface area contributed by atoms with Crippen molar-refractivity contribution >= 4 is 0 Å². The summed E-state index contributed by atoms with van der Waals surface area (Å²) in [4.78, 5) is 3.68. The molecule has 1 heterocycles. The van der Waals surface area contributed by atoms with Crippen LogP contribution in [0.1, 0.15) is 238 Å². The van der Waals surface area contributed by atoms with Crippen LogP contribution in [-0.2, 0) is 0 Å². The van der Waals surface area contributed by atoms with Gasteiger partial charge in [-0.1, -0.05) is 188 Å². The van der Waals surface area contributed by atoms with E-state index in [2.05, 4.69) is 49.6 Å². The van der Waals surface area contributed by atoms with Crippen molar-refractivity contribution in [1.82, 2.24) is 4.98 Å². The number of nitrogens with zero attached hydrogens (tertiary/aromatic N) is 1. The lowest BCUT2D eigenvalue weighted by Gasteiger charge is -2.16. The van der Waals surface area contributed by atoms with Crippen LogP contribution in [0.3, 0.4) is 0 Å². The molecule has 0 aliphatic rings. The normalized spacial score (nSPS) is 13.2. The van der Waals surface area contributed by atoms with E-state index in [4.69, 9.17) is 0 Å². The van der Waals surface area contributed by atoms with E-state index in [-0.39, 0.29) is 0 Å². The predicted octanol–water partition coefficient (Wildman–Crippen LogP) is 13.7. The van der Waals surface area contributed by atoms with E-state index in [0.717, 1.165) is 0 Å². The van der Waals surface area contributed by atoms with Gasteiger partial charge in [0.1, 0.15) is 12.4 Å². The van der Waals surface area contributed by atoms with Crippen LogP contribution in [0.4, 0.5) is 0 Å². The molecule has 2 unspecified atom stereocenters. The molecular weight excluding hydrogens is 496 g/mol. The SMILES string of the molecule is CCCCCCCCCCCCCCCCCC(C)[n+]1cc[nH]c1C(CCC)CCCCCCCCCCCCC. The number of nitrogens with one attached hydrogen (secondary N) is 1. The van der Waals surface area contributed by atoms with Gasteiger partial charge in [0.15, 0.2) is 0 Å². The standard InChI is InChI=1S/C39H76N2/c1-5-8-10-12-14-16-18-19-20-21-23-24-26-28-30-33-37(4)41-36-35-40-39(41)38(32-7-3)34-31-29-27-25-22-17-15-13-11-9-6-2/h35-38H,5-34H2,1-4H3/p+1. The van der Waals surface area contributed by atoms with E-state index >= 15 is 0 Å². The average Bonchev–Trinajstić information content (AvgIpc) is 3.47. The zero-order valence-electron chi connectivity index (χ0n) is 29.0. The maximum absolute atomic E-state index is 3.68. The topological polar surface area (TPSA) is 19.7 Å². The van der Waals surface area contributed by atoms with Gasteiger partial charge in [-0.25, -0.2) is 9.55 Å². The fourth-order valence-electron chi connectivity index (χ4n) is 6.84. The smallest absolute Gasteiger partial charge is 0.247 e. The lowest BCUT2D eigenvalue weighted by Crippen LogP contribution is -2.41. The number of unbranched alkanes of at least 4 members (excludes halogenated alkanes) is 24. The van der Waals surface area contributed by atoms with Crippen molar-refractivity contribution in [3.05, 3.63) is 18.2 Å². The Labute approximate surface area is 259 Å². The number of imidazole rings is 1. The minimum Gasteiger partial charge on any atom is -0.247 e. The van der Waals surface area contributed by atoms with Gasteiger partial charge in [-0.15, -0.1) is 0 Å². The second kappa shape index (κ2) is 29.3. The minimum atomic E-state index is 0.620. The zero-order valence-corrected chi connectivity index (χ0v) is 29.0. The third-order valence-corrected chi connectivity index (χ3v) is 9.62. The first kappa shape index (κ1) is 38.2. The molecule has 0 saturated carbocycles. The largest absolute Gasteiger partial charge is 0.257 e. The number of rotatable bonds is 32. The Hall–Kier alpha value is -0.790. The highest BCUT2D eigenvalue weighted by Gasteiger charge is 2.24. The van der Waals surface area contributed by atoms with Crippen LogP contribution in [-0.4, -0.2) is 4.98 Å². The van der Waals surface area contributed by atoms with Gasteiger partial charge in [-0.3, -0.25) is 0 Å². The quantitative estimate of drug-likeness (QED) is 0.0653. The molecule has 0 radical (unpaired) electrons. The second-order valence-corrected chi connectivity index (χ2v) is 13.6. The molecule has 1 N–H and O–H groups in total. The number of hydrogen-bond donors (Lipinski definition) is 1. The number of aromatic nitrogens is 2. The van der Waals surface area contributed by atoms with Crippen molar-refractivity contribution in [3.8, 4) is 0 Å². The van der Waals surface area contributed by atoms with Gasteiger partial charge in [0, 0.05) is 0 Å². The highest BCUT2D eigenvalue weighted by molar-refractivity contribution is 4.90. The van der Waals surface area contributed by atoms with Crippen LogP contribution >= 0.6 is 0 Å². The summed E-state index contributed by atoms with van der Waals surface area (Å²) in [6, 6.07) is 0.620. The van der Waals surface area contributed by atoms with Gasteiger partial charge < -0.3 is 0 Å². The molecule has 0 bridgehead atoms. The van der Waals surface area contributed by atoms with E-state index in [0.29, 0.717) is 12.0 Å². The summed E-state index contributed by atoms with van der Waals surface area (Å²) in [5, 5.41) is 0. The van der Waals surface area contributed by atoms with Crippen molar-refractivity contribution in [2.45, 2.75) is 232 Å². The molecule has 0 aliphatic heterocycles. The summed E-state index contributed by atoms with van der Waals surface area (Å²) in [5.74, 6) is 2.21. The van der Waals surface area contributed by atoms with Crippen molar-refractivity contribution in [1.29, 1.82) is 0 Å². The maximum atomic E-state index is 3.68. The molecule has 1 aromatic rings. The summed E-state index contributed by atoms with van der Waals surface area (Å²) in [6.45, 7) is 9.43. The van der Waals surface area contributed by atoms with Crippen LogP contribution in [0.2, 0.25) is 0 Å². The Morgan fingerprint density at radius 2 is 0.829 bits per heavy atom. The molecule has 0 aromatic carbocycles. The number of aromatic amines is 1. The first-order chi connectivity index (χ1) is 20.2. The van der Waals surface area contributed by atoms with Crippen molar-refractivity contribution in [2.75, 3.05) is 0 Å². The Morgan fingerprint density at radius 1 is 0.463 bits per heavy atom. The van der Waals surface area contributed by atoms with E-state index in [1.807, 2.05) is 0 Å². The van der Waals surface area contributed by atoms with Gasteiger partial charge in [-0.2, -0.15) is 0 Å². The van der Waals surface area contributed by atoms with E-state index in [1.165, 1.54) is 198 Å². The van der Waals surface area contributed by atoms with E-state index in [1.54, 1.807) is 0 Å². The molecule has 242 valence electrons. The molecule has 1 rings (SSSR count). The van der Waals surface area contributed by atoms with Gasteiger partial charge >= 0.3 is 0 Å². The molecule has 2 nitrogen and oxygen atoms in total. The number of hydrogen-bond acceptors (Lipinski definition) is 0. The molecule has 0 spiro atoms. The van der Waals surface area contributed by atoms with Crippen molar-refractivity contribution in [2.24, 2.45) is 0 Å². The van der Waals surface area contributed by atoms with E-state index in [9.17, 15) is 0 Å². The van der Waals surface area contributed by atoms with Gasteiger partial charge in [0.05, 0.1) is 12.0 Å². The lowest BCUT2D eigenvalue weighted by atomic mass is 9.94. The first-order valence-corrected chi connectivity index (χ1v) is 19.3. The Kier molecular flexibility index (Phi) is 27.3. The van der Waals surface area contributed by atoms with Gasteiger partial charge in [-0.05, 0) is 32.6 Å². The molecule has 0 saturated heterocycles. The molecule has 2 heteroatoms. The van der Waals surface area contributed by atoms with Gasteiger partial charge in [0.2, 0.25) is 0 Å².